The van der Waals surface area contributed by atoms with Crippen LogP contribution >= 0.6 is 0 Å². The Morgan fingerprint density at radius 1 is 1.06 bits per heavy atom. The van der Waals surface area contributed by atoms with Crippen LogP contribution < -0.4 is 11.1 Å². The molecule has 0 atom stereocenters. The Bertz CT molecular complexity index is 237. The molecule has 0 bridgehead atoms. The third-order valence-electron chi connectivity index (χ3n) is 5.24. The molecule has 0 radical (unpaired) electrons. The zero-order valence-corrected chi connectivity index (χ0v) is 11.7. The first-order valence-electron chi connectivity index (χ1n) is 7.56. The Kier molecular flexibility index (Phi) is 4.14. The fourth-order valence-corrected chi connectivity index (χ4v) is 3.30. The first-order chi connectivity index (χ1) is 8.06. The van der Waals surface area contributed by atoms with Crippen LogP contribution in [0, 0.1) is 11.3 Å². The number of hydrogen-bond acceptors (Lipinski definition) is 2. The van der Waals surface area contributed by atoms with Crippen molar-refractivity contribution in [1.82, 2.24) is 5.32 Å². The molecule has 0 saturated heterocycles. The molecule has 2 nitrogen and oxygen atoms in total. The second-order valence-electron chi connectivity index (χ2n) is 6.87. The summed E-state index contributed by atoms with van der Waals surface area (Å²) in [6.45, 7) is 7.05. The fraction of sp³-hybridized carbons (Fsp3) is 1.00. The first-order valence-corrected chi connectivity index (χ1v) is 7.56. The van der Waals surface area contributed by atoms with Crippen LogP contribution in [0.5, 0.6) is 0 Å². The Morgan fingerprint density at radius 3 is 2.24 bits per heavy atom. The molecule has 0 aromatic rings. The predicted molar refractivity (Wildman–Crippen MR) is 74.0 cm³/mol. The Hall–Kier alpha value is -0.0800. The van der Waals surface area contributed by atoms with Gasteiger partial charge in [-0.25, -0.2) is 0 Å². The molecule has 0 aromatic heterocycles. The van der Waals surface area contributed by atoms with Crippen LogP contribution in [-0.4, -0.2) is 18.6 Å². The lowest BCUT2D eigenvalue weighted by Gasteiger charge is -2.34. The molecule has 2 saturated carbocycles. The van der Waals surface area contributed by atoms with Crippen LogP contribution in [0.3, 0.4) is 0 Å². The van der Waals surface area contributed by atoms with Crippen molar-refractivity contribution in [2.45, 2.75) is 70.8 Å². The van der Waals surface area contributed by atoms with Gasteiger partial charge in [-0.2, -0.15) is 0 Å². The van der Waals surface area contributed by atoms with Crippen molar-refractivity contribution in [3.05, 3.63) is 0 Å². The summed E-state index contributed by atoms with van der Waals surface area (Å²) < 4.78 is 0. The van der Waals surface area contributed by atoms with Crippen LogP contribution in [0.25, 0.3) is 0 Å². The molecule has 0 aromatic carbocycles. The first kappa shape index (κ1) is 13.4. The zero-order chi connectivity index (χ0) is 12.4. The van der Waals surface area contributed by atoms with E-state index in [1.807, 2.05) is 0 Å². The van der Waals surface area contributed by atoms with Crippen LogP contribution in [0.2, 0.25) is 0 Å². The highest BCUT2D eigenvalue weighted by Crippen LogP contribution is 2.51. The molecule has 2 rings (SSSR count). The second kappa shape index (κ2) is 5.27. The van der Waals surface area contributed by atoms with Gasteiger partial charge in [-0.3, -0.25) is 0 Å². The van der Waals surface area contributed by atoms with Crippen molar-refractivity contribution < 1.29 is 0 Å². The van der Waals surface area contributed by atoms with Crippen molar-refractivity contribution in [3.63, 3.8) is 0 Å². The van der Waals surface area contributed by atoms with Gasteiger partial charge in [-0.05, 0) is 50.0 Å². The van der Waals surface area contributed by atoms with Crippen molar-refractivity contribution in [2.75, 3.05) is 13.1 Å². The van der Waals surface area contributed by atoms with E-state index in [0.29, 0.717) is 5.41 Å². The van der Waals surface area contributed by atoms with E-state index in [-0.39, 0.29) is 5.54 Å². The standard InChI is InChI=1S/C15H30N2/c1-13(2)14(8-9-14)12-17-11-10-15(16)6-4-3-5-7-15/h13,17H,3-12,16H2,1-2H3. The number of nitrogens with two attached hydrogens (primary N) is 1. The topological polar surface area (TPSA) is 38.0 Å². The maximum Gasteiger partial charge on any atom is 0.0166 e. The molecular formula is C15H30N2. The SMILES string of the molecule is CC(C)C1(CNCCC2(N)CCCCC2)CC1. The van der Waals surface area contributed by atoms with Crippen molar-refractivity contribution in [1.29, 1.82) is 0 Å². The lowest BCUT2D eigenvalue weighted by molar-refractivity contribution is 0.266. The van der Waals surface area contributed by atoms with Gasteiger partial charge in [0.2, 0.25) is 0 Å². The molecule has 2 fully saturated rings. The van der Waals surface area contributed by atoms with E-state index < -0.39 is 0 Å². The third-order valence-corrected chi connectivity index (χ3v) is 5.24. The van der Waals surface area contributed by atoms with Gasteiger partial charge in [0, 0.05) is 12.1 Å². The number of hydrogen-bond donors (Lipinski definition) is 2. The van der Waals surface area contributed by atoms with Gasteiger partial charge in [-0.15, -0.1) is 0 Å². The van der Waals surface area contributed by atoms with E-state index in [0.717, 1.165) is 12.5 Å². The minimum Gasteiger partial charge on any atom is -0.325 e. The summed E-state index contributed by atoms with van der Waals surface area (Å²) in [5, 5.41) is 3.66. The van der Waals surface area contributed by atoms with E-state index in [4.69, 9.17) is 5.73 Å². The minimum atomic E-state index is 0.153. The molecule has 17 heavy (non-hydrogen) atoms. The summed E-state index contributed by atoms with van der Waals surface area (Å²) in [4.78, 5) is 0. The largest absolute Gasteiger partial charge is 0.325 e. The van der Waals surface area contributed by atoms with Gasteiger partial charge < -0.3 is 11.1 Å². The molecule has 0 heterocycles. The quantitative estimate of drug-likeness (QED) is 0.698. The lowest BCUT2D eigenvalue weighted by Crippen LogP contribution is -2.44. The van der Waals surface area contributed by atoms with Gasteiger partial charge in [0.1, 0.15) is 0 Å². The van der Waals surface area contributed by atoms with E-state index in [9.17, 15) is 0 Å². The van der Waals surface area contributed by atoms with Gasteiger partial charge in [0.25, 0.3) is 0 Å². The van der Waals surface area contributed by atoms with E-state index in [1.165, 1.54) is 57.9 Å². The maximum atomic E-state index is 6.44. The number of nitrogens with one attached hydrogen (secondary N) is 1. The Morgan fingerprint density at radius 2 is 1.71 bits per heavy atom. The van der Waals surface area contributed by atoms with Gasteiger partial charge in [-0.1, -0.05) is 33.1 Å². The fourth-order valence-electron chi connectivity index (χ4n) is 3.30. The Labute approximate surface area is 107 Å². The van der Waals surface area contributed by atoms with Crippen LogP contribution in [0.4, 0.5) is 0 Å². The van der Waals surface area contributed by atoms with Gasteiger partial charge >= 0.3 is 0 Å². The second-order valence-corrected chi connectivity index (χ2v) is 6.87. The summed E-state index contributed by atoms with van der Waals surface area (Å²) in [6.07, 6.45) is 10.6. The highest BCUT2D eigenvalue weighted by atomic mass is 14.9. The highest BCUT2D eigenvalue weighted by molar-refractivity contribution is 4.97. The molecule has 0 unspecified atom stereocenters. The lowest BCUT2D eigenvalue weighted by atomic mass is 9.80. The van der Waals surface area contributed by atoms with Crippen molar-refractivity contribution in [2.24, 2.45) is 17.1 Å². The zero-order valence-electron chi connectivity index (χ0n) is 11.7. The highest BCUT2D eigenvalue weighted by Gasteiger charge is 2.44. The minimum absolute atomic E-state index is 0.153. The Balaban J connectivity index is 1.63. The summed E-state index contributed by atoms with van der Waals surface area (Å²) in [5.74, 6) is 0.830. The average molecular weight is 238 g/mol. The molecular weight excluding hydrogens is 208 g/mol. The van der Waals surface area contributed by atoms with Gasteiger partial charge in [0.15, 0.2) is 0 Å². The normalized spacial score (nSPS) is 26.1. The van der Waals surface area contributed by atoms with Gasteiger partial charge in [0.05, 0.1) is 0 Å². The van der Waals surface area contributed by atoms with E-state index in [2.05, 4.69) is 19.2 Å². The predicted octanol–water partition coefficient (Wildman–Crippen LogP) is 3.06. The smallest absolute Gasteiger partial charge is 0.0166 e. The molecule has 3 N–H and O–H groups in total. The summed E-state index contributed by atoms with van der Waals surface area (Å²) in [7, 11) is 0. The average Bonchev–Trinajstić information content (AvgIpc) is 3.07. The van der Waals surface area contributed by atoms with Crippen LogP contribution in [0.1, 0.15) is 65.2 Å². The van der Waals surface area contributed by atoms with Crippen LogP contribution in [-0.2, 0) is 0 Å². The molecule has 0 amide bonds. The molecule has 0 aliphatic heterocycles. The molecule has 2 aliphatic rings. The molecule has 100 valence electrons. The number of rotatable bonds is 6. The monoisotopic (exact) mass is 238 g/mol. The molecule has 2 heteroatoms. The maximum absolute atomic E-state index is 6.44. The molecule has 2 aliphatic carbocycles. The summed E-state index contributed by atoms with van der Waals surface area (Å²) >= 11 is 0. The molecule has 0 spiro atoms. The van der Waals surface area contributed by atoms with E-state index >= 15 is 0 Å². The van der Waals surface area contributed by atoms with Crippen LogP contribution in [0.15, 0.2) is 0 Å². The van der Waals surface area contributed by atoms with Crippen molar-refractivity contribution >= 4 is 0 Å². The summed E-state index contributed by atoms with van der Waals surface area (Å²) in [5.41, 5.74) is 7.23. The third kappa shape index (κ3) is 3.45. The van der Waals surface area contributed by atoms with Crippen molar-refractivity contribution in [3.8, 4) is 0 Å². The van der Waals surface area contributed by atoms with E-state index in [1.54, 1.807) is 0 Å². The summed E-state index contributed by atoms with van der Waals surface area (Å²) in [6, 6.07) is 0.